The summed E-state index contributed by atoms with van der Waals surface area (Å²) in [6, 6.07) is 3.77. The first-order valence-corrected chi connectivity index (χ1v) is 10.1. The lowest BCUT2D eigenvalue weighted by atomic mass is 9.97. The molecule has 0 aliphatic carbocycles. The van der Waals surface area contributed by atoms with Crippen molar-refractivity contribution >= 4 is 37.6 Å². The van der Waals surface area contributed by atoms with Crippen molar-refractivity contribution in [2.24, 2.45) is 0 Å². The van der Waals surface area contributed by atoms with Gasteiger partial charge in [-0.1, -0.05) is 25.3 Å². The number of phenolic OH excluding ortho intramolecular Hbond substituents is 1. The number of halogens is 1. The number of anilines is 1. The molecule has 26 heavy (non-hydrogen) atoms. The Balaban J connectivity index is 2.17. The first kappa shape index (κ1) is 19.7. The second-order valence-electron chi connectivity index (χ2n) is 5.30. The van der Waals surface area contributed by atoms with Crippen molar-refractivity contribution in [1.29, 1.82) is 0 Å². The van der Waals surface area contributed by atoms with Crippen LogP contribution in [0.3, 0.4) is 0 Å². The normalized spacial score (nSPS) is 14.2. The van der Waals surface area contributed by atoms with Crippen molar-refractivity contribution in [2.45, 2.75) is 6.92 Å². The SMILES string of the molecule is C=C(C=CC(=C)S(=C)(=O)Nc1nccs1)C(=CC)c1ccc(F)cc1O. The maximum Gasteiger partial charge on any atom is 0.194 e. The van der Waals surface area contributed by atoms with Crippen LogP contribution in [-0.4, -0.2) is 20.2 Å². The van der Waals surface area contributed by atoms with Crippen LogP contribution in [0, 0.1) is 5.82 Å². The molecule has 0 saturated carbocycles. The van der Waals surface area contributed by atoms with Gasteiger partial charge in [0.1, 0.15) is 11.6 Å². The minimum absolute atomic E-state index is 0.183. The molecule has 0 bridgehead atoms. The molecule has 7 heteroatoms. The van der Waals surface area contributed by atoms with E-state index in [0.29, 0.717) is 21.8 Å². The minimum atomic E-state index is -2.83. The van der Waals surface area contributed by atoms with E-state index in [-0.39, 0.29) is 10.7 Å². The first-order valence-electron chi connectivity index (χ1n) is 7.50. The predicted octanol–water partition coefficient (Wildman–Crippen LogP) is 4.76. The molecule has 0 radical (unpaired) electrons. The molecular weight excluding hydrogens is 371 g/mol. The van der Waals surface area contributed by atoms with E-state index < -0.39 is 15.5 Å². The highest BCUT2D eigenvalue weighted by Crippen LogP contribution is 2.31. The van der Waals surface area contributed by atoms with Gasteiger partial charge in [0.25, 0.3) is 0 Å². The number of aromatic nitrogens is 1. The molecular formula is C19H19FN2O2S2. The number of benzene rings is 1. The van der Waals surface area contributed by atoms with E-state index in [9.17, 15) is 13.7 Å². The Morgan fingerprint density at radius 2 is 2.12 bits per heavy atom. The third-order valence-electron chi connectivity index (χ3n) is 3.46. The van der Waals surface area contributed by atoms with Gasteiger partial charge in [-0.05, 0) is 42.1 Å². The third kappa shape index (κ3) is 4.71. The molecule has 0 amide bonds. The van der Waals surface area contributed by atoms with Crippen LogP contribution < -0.4 is 4.72 Å². The summed E-state index contributed by atoms with van der Waals surface area (Å²) < 4.78 is 28.6. The Morgan fingerprint density at radius 1 is 1.38 bits per heavy atom. The zero-order valence-corrected chi connectivity index (χ0v) is 15.9. The molecule has 2 aromatic rings. The van der Waals surface area contributed by atoms with Crippen molar-refractivity contribution in [1.82, 2.24) is 4.98 Å². The van der Waals surface area contributed by atoms with Crippen molar-refractivity contribution < 1.29 is 13.7 Å². The third-order valence-corrected chi connectivity index (χ3v) is 5.79. The van der Waals surface area contributed by atoms with Gasteiger partial charge in [0.15, 0.2) is 5.13 Å². The van der Waals surface area contributed by atoms with Gasteiger partial charge >= 0.3 is 0 Å². The second-order valence-corrected chi connectivity index (χ2v) is 8.28. The summed E-state index contributed by atoms with van der Waals surface area (Å²) >= 11 is 1.31. The lowest BCUT2D eigenvalue weighted by molar-refractivity contribution is 0.467. The molecule has 1 unspecified atom stereocenters. The Bertz CT molecular complexity index is 989. The molecule has 1 atom stereocenters. The average Bonchev–Trinajstić information content (AvgIpc) is 3.07. The molecule has 0 aliphatic rings. The van der Waals surface area contributed by atoms with Crippen LogP contribution in [0.25, 0.3) is 5.57 Å². The fraction of sp³-hybridized carbons (Fsp3) is 0.0526. The molecule has 1 aromatic heterocycles. The van der Waals surface area contributed by atoms with Gasteiger partial charge in [-0.2, -0.15) is 0 Å². The highest BCUT2D eigenvalue weighted by atomic mass is 32.2. The van der Waals surface area contributed by atoms with Crippen molar-refractivity contribution in [3.63, 3.8) is 0 Å². The quantitative estimate of drug-likeness (QED) is 0.529. The summed E-state index contributed by atoms with van der Waals surface area (Å²) in [7, 11) is -2.83. The van der Waals surface area contributed by atoms with Gasteiger partial charge in [-0.3, -0.25) is 4.72 Å². The number of hydrogen-bond acceptors (Lipinski definition) is 4. The zero-order chi connectivity index (χ0) is 19.3. The molecule has 136 valence electrons. The fourth-order valence-corrected chi connectivity index (χ4v) is 3.84. The minimum Gasteiger partial charge on any atom is -0.507 e. The van der Waals surface area contributed by atoms with E-state index in [4.69, 9.17) is 0 Å². The number of rotatable bonds is 7. The van der Waals surface area contributed by atoms with Crippen LogP contribution in [-0.2, 0) is 9.71 Å². The Kier molecular flexibility index (Phi) is 6.18. The van der Waals surface area contributed by atoms with Crippen molar-refractivity contribution in [3.05, 3.63) is 83.0 Å². The van der Waals surface area contributed by atoms with E-state index >= 15 is 0 Å². The van der Waals surface area contributed by atoms with Gasteiger partial charge in [-0.25, -0.2) is 13.6 Å². The predicted molar refractivity (Wildman–Crippen MR) is 110 cm³/mol. The number of aromatic hydroxyl groups is 1. The summed E-state index contributed by atoms with van der Waals surface area (Å²) in [5, 5.41) is 12.2. The zero-order valence-electron chi connectivity index (χ0n) is 14.2. The molecule has 0 saturated heterocycles. The van der Waals surface area contributed by atoms with Crippen LogP contribution in [0.4, 0.5) is 9.52 Å². The molecule has 0 aliphatic heterocycles. The molecule has 1 aromatic carbocycles. The van der Waals surface area contributed by atoms with Crippen molar-refractivity contribution in [3.8, 4) is 5.75 Å². The summed E-state index contributed by atoms with van der Waals surface area (Å²) in [4.78, 5) is 4.29. The monoisotopic (exact) mass is 390 g/mol. The number of thiazole rings is 1. The lowest BCUT2D eigenvalue weighted by Crippen LogP contribution is -2.12. The van der Waals surface area contributed by atoms with Gasteiger partial charge in [0, 0.05) is 28.1 Å². The van der Waals surface area contributed by atoms with Crippen LogP contribution >= 0.6 is 11.3 Å². The number of nitrogens with zero attached hydrogens (tertiary/aromatic N) is 1. The highest BCUT2D eigenvalue weighted by Gasteiger charge is 2.11. The Morgan fingerprint density at radius 3 is 2.69 bits per heavy atom. The Hall–Kier alpha value is -2.64. The maximum absolute atomic E-state index is 13.2. The Labute approximate surface area is 156 Å². The molecule has 1 heterocycles. The fourth-order valence-electron chi connectivity index (χ4n) is 2.12. The van der Waals surface area contributed by atoms with Crippen LogP contribution in [0.1, 0.15) is 12.5 Å². The van der Waals surface area contributed by atoms with Crippen molar-refractivity contribution in [2.75, 3.05) is 4.72 Å². The maximum atomic E-state index is 13.2. The number of hydrogen-bond donors (Lipinski definition) is 2. The van der Waals surface area contributed by atoms with Crippen LogP contribution in [0.2, 0.25) is 0 Å². The standard InChI is InChI=1S/C19H19FN2O2S2/c1-5-16(17-9-8-15(20)12-18(17)23)13(2)6-7-14(3)26(4,24)22-19-21-10-11-25-19/h5-12,23H,2-4H2,1H3,(H,21,22,24). The van der Waals surface area contributed by atoms with E-state index in [1.54, 1.807) is 36.7 Å². The topological polar surface area (TPSA) is 62.2 Å². The summed E-state index contributed by atoms with van der Waals surface area (Å²) in [6.45, 7) is 9.52. The first-order chi connectivity index (χ1) is 12.2. The number of phenols is 1. The largest absolute Gasteiger partial charge is 0.507 e. The molecule has 0 spiro atoms. The highest BCUT2D eigenvalue weighted by molar-refractivity contribution is 8.05. The summed E-state index contributed by atoms with van der Waals surface area (Å²) in [5.74, 6) is 2.97. The average molecular weight is 391 g/mol. The van der Waals surface area contributed by atoms with E-state index in [1.165, 1.54) is 23.5 Å². The van der Waals surface area contributed by atoms with Gasteiger partial charge in [0.2, 0.25) is 0 Å². The molecule has 2 N–H and O–H groups in total. The number of nitrogens with one attached hydrogen (secondary N) is 1. The van der Waals surface area contributed by atoms with Gasteiger partial charge in [0.05, 0.1) is 9.71 Å². The van der Waals surface area contributed by atoms with E-state index in [1.807, 2.05) is 0 Å². The van der Waals surface area contributed by atoms with Gasteiger partial charge in [-0.15, -0.1) is 11.3 Å². The van der Waals surface area contributed by atoms with Gasteiger partial charge < -0.3 is 5.11 Å². The van der Waals surface area contributed by atoms with E-state index in [0.717, 1.165) is 6.07 Å². The van der Waals surface area contributed by atoms with Crippen LogP contribution in [0.15, 0.2) is 71.6 Å². The second kappa shape index (κ2) is 8.16. The summed E-state index contributed by atoms with van der Waals surface area (Å²) in [5.41, 5.74) is 1.61. The lowest BCUT2D eigenvalue weighted by Gasteiger charge is -2.12. The molecule has 2 rings (SSSR count). The summed E-state index contributed by atoms with van der Waals surface area (Å²) in [6.07, 6.45) is 6.51. The smallest absolute Gasteiger partial charge is 0.194 e. The van der Waals surface area contributed by atoms with Crippen LogP contribution in [0.5, 0.6) is 5.75 Å². The molecule has 0 fully saturated rings. The molecule has 4 nitrogen and oxygen atoms in total. The van der Waals surface area contributed by atoms with E-state index in [2.05, 4.69) is 28.7 Å². The number of allylic oxidation sites excluding steroid dienone is 5.